The number of rotatable bonds is 1. The van der Waals surface area contributed by atoms with E-state index in [1.54, 1.807) is 0 Å². The summed E-state index contributed by atoms with van der Waals surface area (Å²) >= 11 is 0. The average Bonchev–Trinajstić information content (AvgIpc) is 2.01. The fraction of sp³-hybridized carbons (Fsp3) is 1.00. The summed E-state index contributed by atoms with van der Waals surface area (Å²) in [6.45, 7) is -0.408. The molecule has 0 amide bonds. The predicted octanol–water partition coefficient (Wildman–Crippen LogP) is -2.54. The smallest absolute Gasteiger partial charge is 0.111 e. The molecule has 66 valence electrons. The third kappa shape index (κ3) is 1.69. The molecule has 0 aliphatic carbocycles. The Hall–Kier alpha value is -0.200. The largest absolute Gasteiger partial charge is 0.394 e. The molecule has 1 rings (SSSR count). The quantitative estimate of drug-likeness (QED) is 0.343. The van der Waals surface area contributed by atoms with Crippen molar-refractivity contribution >= 4 is 0 Å². The summed E-state index contributed by atoms with van der Waals surface area (Å²) in [4.78, 5) is 0. The Morgan fingerprint density at radius 3 is 2.36 bits per heavy atom. The van der Waals surface area contributed by atoms with Crippen LogP contribution in [0.2, 0.25) is 0 Å². The molecule has 0 bridgehead atoms. The number of hydrogen-bond acceptors (Lipinski definition) is 5. The van der Waals surface area contributed by atoms with Crippen molar-refractivity contribution in [2.75, 3.05) is 13.2 Å². The Morgan fingerprint density at radius 1 is 1.18 bits per heavy atom. The Bertz CT molecular complexity index is 126. The molecule has 0 aromatic rings. The van der Waals surface area contributed by atoms with Crippen molar-refractivity contribution in [1.82, 2.24) is 0 Å². The van der Waals surface area contributed by atoms with E-state index in [0.29, 0.717) is 0 Å². The maximum atomic E-state index is 9.11. The van der Waals surface area contributed by atoms with Gasteiger partial charge in [-0.05, 0) is 0 Å². The van der Waals surface area contributed by atoms with Crippen molar-refractivity contribution in [2.45, 2.75) is 24.4 Å². The highest BCUT2D eigenvalue weighted by molar-refractivity contribution is 4.85. The molecule has 1 fully saturated rings. The van der Waals surface area contributed by atoms with Gasteiger partial charge in [-0.25, -0.2) is 0 Å². The van der Waals surface area contributed by atoms with Crippen LogP contribution in [0.3, 0.4) is 0 Å². The molecule has 0 saturated carbocycles. The molecule has 1 heterocycles. The van der Waals surface area contributed by atoms with Crippen LogP contribution < -0.4 is 0 Å². The summed E-state index contributed by atoms with van der Waals surface area (Å²) < 4.78 is 4.81. The SMILES string of the molecule is OC[C@H]1OC[C@@H](O)[C@@H](O)C1O. The van der Waals surface area contributed by atoms with Crippen LogP contribution in [0.5, 0.6) is 0 Å². The second-order valence-electron chi connectivity index (χ2n) is 2.60. The molecule has 1 unspecified atom stereocenters. The Balaban J connectivity index is 2.52. The highest BCUT2D eigenvalue weighted by Gasteiger charge is 2.36. The van der Waals surface area contributed by atoms with Gasteiger partial charge in [0.05, 0.1) is 13.2 Å². The van der Waals surface area contributed by atoms with Gasteiger partial charge < -0.3 is 25.2 Å². The van der Waals surface area contributed by atoms with E-state index in [1.165, 1.54) is 0 Å². The summed E-state index contributed by atoms with van der Waals surface area (Å²) in [6, 6.07) is 0. The fourth-order valence-electron chi connectivity index (χ4n) is 1.03. The molecule has 0 aromatic heterocycles. The number of hydrogen-bond donors (Lipinski definition) is 4. The van der Waals surface area contributed by atoms with Crippen molar-refractivity contribution < 1.29 is 25.2 Å². The highest BCUT2D eigenvalue weighted by atomic mass is 16.5. The van der Waals surface area contributed by atoms with Crippen LogP contribution in [0.4, 0.5) is 0 Å². The minimum atomic E-state index is -1.22. The predicted molar refractivity (Wildman–Crippen MR) is 34.8 cm³/mol. The Kier molecular flexibility index (Phi) is 2.80. The Labute approximate surface area is 63.8 Å². The zero-order valence-corrected chi connectivity index (χ0v) is 5.92. The van der Waals surface area contributed by atoms with Gasteiger partial charge in [0.25, 0.3) is 0 Å². The van der Waals surface area contributed by atoms with E-state index < -0.39 is 24.4 Å². The first kappa shape index (κ1) is 8.89. The molecule has 4 N–H and O–H groups in total. The zero-order valence-electron chi connectivity index (χ0n) is 5.92. The zero-order chi connectivity index (χ0) is 8.43. The highest BCUT2D eigenvalue weighted by Crippen LogP contribution is 2.14. The van der Waals surface area contributed by atoms with Gasteiger partial charge in [0, 0.05) is 0 Å². The molecule has 0 spiro atoms. The molecule has 0 aromatic carbocycles. The van der Waals surface area contributed by atoms with E-state index in [-0.39, 0.29) is 13.2 Å². The first-order chi connectivity index (χ1) is 5.16. The molecule has 5 nitrogen and oxygen atoms in total. The van der Waals surface area contributed by atoms with Crippen LogP contribution in [-0.2, 0) is 4.74 Å². The van der Waals surface area contributed by atoms with Crippen LogP contribution in [0.1, 0.15) is 0 Å². The third-order valence-electron chi connectivity index (χ3n) is 1.79. The van der Waals surface area contributed by atoms with E-state index in [1.807, 2.05) is 0 Å². The van der Waals surface area contributed by atoms with Gasteiger partial charge >= 0.3 is 0 Å². The van der Waals surface area contributed by atoms with Crippen molar-refractivity contribution in [3.05, 3.63) is 0 Å². The van der Waals surface area contributed by atoms with Gasteiger partial charge in [0.15, 0.2) is 0 Å². The van der Waals surface area contributed by atoms with E-state index >= 15 is 0 Å². The molecule has 1 aliphatic rings. The van der Waals surface area contributed by atoms with Gasteiger partial charge in [-0.2, -0.15) is 0 Å². The molecule has 4 atom stereocenters. The standard InChI is InChI=1S/C6H12O5/c7-1-4-6(10)5(9)3(8)2-11-4/h3-10H,1-2H2/t3-,4-,5-,6?/m1/s1. The topological polar surface area (TPSA) is 90.2 Å². The van der Waals surface area contributed by atoms with Crippen LogP contribution in [-0.4, -0.2) is 58.1 Å². The van der Waals surface area contributed by atoms with E-state index in [4.69, 9.17) is 25.2 Å². The van der Waals surface area contributed by atoms with Gasteiger partial charge in [0.2, 0.25) is 0 Å². The summed E-state index contributed by atoms with van der Waals surface area (Å²) in [6.07, 6.45) is -4.27. The van der Waals surface area contributed by atoms with Crippen LogP contribution in [0.25, 0.3) is 0 Å². The van der Waals surface area contributed by atoms with Crippen molar-refractivity contribution in [3.63, 3.8) is 0 Å². The van der Waals surface area contributed by atoms with Crippen LogP contribution >= 0.6 is 0 Å². The Morgan fingerprint density at radius 2 is 1.82 bits per heavy atom. The summed E-state index contributed by atoms with van der Waals surface area (Å²) in [5.41, 5.74) is 0. The first-order valence-electron chi connectivity index (χ1n) is 3.43. The maximum Gasteiger partial charge on any atom is 0.111 e. The lowest BCUT2D eigenvalue weighted by molar-refractivity contribution is -0.195. The van der Waals surface area contributed by atoms with Crippen LogP contribution in [0, 0.1) is 0 Å². The van der Waals surface area contributed by atoms with Crippen molar-refractivity contribution in [3.8, 4) is 0 Å². The van der Waals surface area contributed by atoms with Gasteiger partial charge in [-0.3, -0.25) is 0 Å². The minimum Gasteiger partial charge on any atom is -0.394 e. The minimum absolute atomic E-state index is 0.0521. The van der Waals surface area contributed by atoms with E-state index in [0.717, 1.165) is 0 Å². The lowest BCUT2D eigenvalue weighted by atomic mass is 10.0. The number of aliphatic hydroxyl groups is 4. The number of ether oxygens (including phenoxy) is 1. The van der Waals surface area contributed by atoms with Crippen molar-refractivity contribution in [1.29, 1.82) is 0 Å². The van der Waals surface area contributed by atoms with Crippen molar-refractivity contribution in [2.24, 2.45) is 0 Å². The lowest BCUT2D eigenvalue weighted by Crippen LogP contribution is -2.53. The molecular weight excluding hydrogens is 152 g/mol. The summed E-state index contributed by atoms with van der Waals surface area (Å²) in [5.74, 6) is 0. The van der Waals surface area contributed by atoms with Crippen LogP contribution in [0.15, 0.2) is 0 Å². The van der Waals surface area contributed by atoms with Gasteiger partial charge in [0.1, 0.15) is 24.4 Å². The van der Waals surface area contributed by atoms with Gasteiger partial charge in [-0.15, -0.1) is 0 Å². The molecule has 5 heteroatoms. The van der Waals surface area contributed by atoms with Gasteiger partial charge in [-0.1, -0.05) is 0 Å². The second kappa shape index (κ2) is 3.46. The second-order valence-corrected chi connectivity index (χ2v) is 2.60. The molecule has 0 radical (unpaired) electrons. The summed E-state index contributed by atoms with van der Waals surface area (Å²) in [5, 5.41) is 35.7. The summed E-state index contributed by atoms with van der Waals surface area (Å²) in [7, 11) is 0. The molecule has 1 saturated heterocycles. The average molecular weight is 164 g/mol. The first-order valence-corrected chi connectivity index (χ1v) is 3.43. The normalized spacial score (nSPS) is 45.8. The monoisotopic (exact) mass is 164 g/mol. The third-order valence-corrected chi connectivity index (χ3v) is 1.79. The lowest BCUT2D eigenvalue weighted by Gasteiger charge is -2.34. The molecule has 11 heavy (non-hydrogen) atoms. The van der Waals surface area contributed by atoms with E-state index in [2.05, 4.69) is 0 Å². The number of aliphatic hydroxyl groups excluding tert-OH is 4. The molecule has 1 aliphatic heterocycles. The molecular formula is C6H12O5. The maximum absolute atomic E-state index is 9.11. The van der Waals surface area contributed by atoms with E-state index in [9.17, 15) is 0 Å². The fourth-order valence-corrected chi connectivity index (χ4v) is 1.03.